The molecule has 0 aliphatic heterocycles. The van der Waals surface area contributed by atoms with Crippen LogP contribution < -0.4 is 0 Å². The molecule has 0 bridgehead atoms. The predicted octanol–water partition coefficient (Wildman–Crippen LogP) is 10.6. The Morgan fingerprint density at radius 1 is 0.756 bits per heavy atom. The highest BCUT2D eigenvalue weighted by atomic mass is 32.1. The Labute approximate surface area is 237 Å². The molecule has 5 heteroatoms. The maximum Gasteiger partial charge on any atom is 0.159 e. The molecule has 3 nitrogen and oxygen atoms in total. The van der Waals surface area contributed by atoms with Gasteiger partial charge in [0.15, 0.2) is 5.58 Å². The van der Waals surface area contributed by atoms with Crippen molar-refractivity contribution in [1.82, 2.24) is 9.55 Å². The summed E-state index contributed by atoms with van der Waals surface area (Å²) in [6.07, 6.45) is 0. The quantitative estimate of drug-likeness (QED) is 0.215. The molecule has 0 amide bonds. The van der Waals surface area contributed by atoms with Gasteiger partial charge in [0.25, 0.3) is 0 Å². The molecule has 0 unspecified atom stereocenters. The maximum atomic E-state index is 14.3. The molecule has 9 rings (SSSR count). The molecule has 0 fully saturated rings. The lowest BCUT2D eigenvalue weighted by Crippen LogP contribution is -1.98. The maximum absolute atomic E-state index is 14.3. The first-order chi connectivity index (χ1) is 20.1. The van der Waals surface area contributed by atoms with Gasteiger partial charge in [0.05, 0.1) is 16.7 Å². The number of imidazole rings is 1. The van der Waals surface area contributed by atoms with E-state index in [9.17, 15) is 4.39 Å². The molecule has 3 heterocycles. The highest BCUT2D eigenvalue weighted by Crippen LogP contribution is 2.44. The normalized spacial score (nSPS) is 12.1. The number of rotatable bonds is 2. The molecule has 0 N–H and O–H groups in total. The minimum atomic E-state index is -0.280. The van der Waals surface area contributed by atoms with Crippen LogP contribution in [-0.4, -0.2) is 9.55 Å². The van der Waals surface area contributed by atoms with Crippen LogP contribution in [0.15, 0.2) is 114 Å². The smallest absolute Gasteiger partial charge is 0.159 e. The van der Waals surface area contributed by atoms with E-state index in [-0.39, 0.29) is 5.82 Å². The Morgan fingerprint density at radius 2 is 1.56 bits per heavy atom. The molecule has 0 atom stereocenters. The van der Waals surface area contributed by atoms with Gasteiger partial charge in [0.1, 0.15) is 17.2 Å². The molecule has 6 aromatic carbocycles. The van der Waals surface area contributed by atoms with E-state index in [2.05, 4.69) is 90.4 Å². The van der Waals surface area contributed by atoms with Gasteiger partial charge in [0, 0.05) is 36.5 Å². The zero-order valence-electron chi connectivity index (χ0n) is 22.0. The first kappa shape index (κ1) is 22.8. The molecule has 194 valence electrons. The number of aromatic nitrogens is 2. The van der Waals surface area contributed by atoms with E-state index in [1.54, 1.807) is 23.5 Å². The second-order valence-corrected chi connectivity index (χ2v) is 11.6. The zero-order chi connectivity index (χ0) is 27.2. The molecule has 0 saturated heterocycles. The summed E-state index contributed by atoms with van der Waals surface area (Å²) in [5.74, 6) is 0.573. The van der Waals surface area contributed by atoms with Crippen molar-refractivity contribution in [3.8, 4) is 17.1 Å². The number of hydrogen-bond donors (Lipinski definition) is 0. The van der Waals surface area contributed by atoms with Crippen LogP contribution in [0.4, 0.5) is 4.39 Å². The van der Waals surface area contributed by atoms with E-state index in [0.29, 0.717) is 11.2 Å². The van der Waals surface area contributed by atoms with E-state index in [4.69, 9.17) is 9.40 Å². The van der Waals surface area contributed by atoms with Gasteiger partial charge < -0.3 is 4.42 Å². The van der Waals surface area contributed by atoms with Crippen molar-refractivity contribution in [3.05, 3.63) is 121 Å². The highest BCUT2D eigenvalue weighted by molar-refractivity contribution is 7.26. The Bertz CT molecular complexity index is 2520. The van der Waals surface area contributed by atoms with Gasteiger partial charge in [-0.2, -0.15) is 0 Å². The first-order valence-corrected chi connectivity index (χ1v) is 14.4. The van der Waals surface area contributed by atoms with Crippen LogP contribution >= 0.6 is 11.3 Å². The van der Waals surface area contributed by atoms with Crippen molar-refractivity contribution < 1.29 is 8.81 Å². The number of nitrogens with zero attached hydrogens (tertiary/aromatic N) is 2. The van der Waals surface area contributed by atoms with Gasteiger partial charge in [0.2, 0.25) is 0 Å². The molecule has 0 saturated carbocycles. The van der Waals surface area contributed by atoms with Crippen LogP contribution in [0.5, 0.6) is 0 Å². The van der Waals surface area contributed by atoms with E-state index < -0.39 is 0 Å². The van der Waals surface area contributed by atoms with Crippen molar-refractivity contribution in [1.29, 1.82) is 0 Å². The number of thiophene rings is 1. The Balaban J connectivity index is 1.45. The molecule has 0 spiro atoms. The third-order valence-corrected chi connectivity index (χ3v) is 9.38. The van der Waals surface area contributed by atoms with Crippen LogP contribution in [0, 0.1) is 12.7 Å². The molecular weight excluding hydrogens is 527 g/mol. The van der Waals surface area contributed by atoms with Crippen LogP contribution in [0.3, 0.4) is 0 Å². The SMILES string of the molecule is Cc1ccc(-c2nc3cc4ccccc4cc3n2-c2cccc3c2oc2ccc(F)cc23)c2sc3ccccc3c12. The van der Waals surface area contributed by atoms with Crippen molar-refractivity contribution in [2.45, 2.75) is 6.92 Å². The largest absolute Gasteiger partial charge is 0.454 e. The van der Waals surface area contributed by atoms with Crippen LogP contribution in [0.25, 0.3) is 81.0 Å². The van der Waals surface area contributed by atoms with Gasteiger partial charge in [-0.05, 0) is 71.8 Å². The summed E-state index contributed by atoms with van der Waals surface area (Å²) in [5.41, 5.74) is 6.47. The van der Waals surface area contributed by atoms with Crippen molar-refractivity contribution in [3.63, 3.8) is 0 Å². The third-order valence-electron chi connectivity index (χ3n) is 8.18. The van der Waals surface area contributed by atoms with Crippen molar-refractivity contribution in [2.24, 2.45) is 0 Å². The monoisotopic (exact) mass is 548 g/mol. The van der Waals surface area contributed by atoms with Crippen LogP contribution in [-0.2, 0) is 0 Å². The van der Waals surface area contributed by atoms with Crippen LogP contribution in [0.2, 0.25) is 0 Å². The van der Waals surface area contributed by atoms with Gasteiger partial charge >= 0.3 is 0 Å². The minimum Gasteiger partial charge on any atom is -0.454 e. The number of para-hydroxylation sites is 1. The number of halogens is 1. The lowest BCUT2D eigenvalue weighted by molar-refractivity contribution is 0.626. The van der Waals surface area contributed by atoms with Gasteiger partial charge in [-0.1, -0.05) is 60.7 Å². The average Bonchev–Trinajstić information content (AvgIpc) is 3.67. The topological polar surface area (TPSA) is 31.0 Å². The Morgan fingerprint density at radius 3 is 2.46 bits per heavy atom. The highest BCUT2D eigenvalue weighted by Gasteiger charge is 2.22. The second-order valence-electron chi connectivity index (χ2n) is 10.6. The Kier molecular flexibility index (Phi) is 4.59. The van der Waals surface area contributed by atoms with E-state index in [1.807, 2.05) is 12.1 Å². The summed E-state index contributed by atoms with van der Waals surface area (Å²) >= 11 is 1.80. The van der Waals surface area contributed by atoms with E-state index in [0.717, 1.165) is 49.7 Å². The van der Waals surface area contributed by atoms with Gasteiger partial charge in [-0.25, -0.2) is 9.37 Å². The van der Waals surface area contributed by atoms with Gasteiger partial charge in [-0.3, -0.25) is 4.57 Å². The number of hydrogen-bond acceptors (Lipinski definition) is 3. The zero-order valence-corrected chi connectivity index (χ0v) is 22.8. The number of fused-ring (bicyclic) bond motifs is 8. The summed E-state index contributed by atoms with van der Waals surface area (Å²) in [6.45, 7) is 2.18. The molecule has 41 heavy (non-hydrogen) atoms. The number of benzene rings is 6. The summed E-state index contributed by atoms with van der Waals surface area (Å²) < 4.78 is 25.4. The standard InChI is InChI=1S/C36H21FN2OS/c1-20-13-15-26(35-33(20)25-9-4-5-12-32(25)41-35)36-38-28-17-21-7-2-3-8-22(21)18-30(28)39(36)29-11-6-10-24-27-19-23(37)14-16-31(27)40-34(24)29/h2-19H,1H3. The van der Waals surface area contributed by atoms with E-state index in [1.165, 1.54) is 31.8 Å². The second kappa shape index (κ2) is 8.26. The van der Waals surface area contributed by atoms with Gasteiger partial charge in [-0.15, -0.1) is 11.3 Å². The molecule has 0 radical (unpaired) electrons. The summed E-state index contributed by atoms with van der Waals surface area (Å²) in [7, 11) is 0. The van der Waals surface area contributed by atoms with E-state index >= 15 is 0 Å². The summed E-state index contributed by atoms with van der Waals surface area (Å²) in [4.78, 5) is 5.30. The van der Waals surface area contributed by atoms with Crippen molar-refractivity contribution in [2.75, 3.05) is 0 Å². The third kappa shape index (κ3) is 3.21. The molecule has 9 aromatic rings. The minimum absolute atomic E-state index is 0.280. The van der Waals surface area contributed by atoms with Crippen LogP contribution in [0.1, 0.15) is 5.56 Å². The Hall–Kier alpha value is -5.00. The average molecular weight is 549 g/mol. The fraction of sp³-hybridized carbons (Fsp3) is 0.0278. The predicted molar refractivity (Wildman–Crippen MR) is 169 cm³/mol. The first-order valence-electron chi connectivity index (χ1n) is 13.6. The molecule has 3 aromatic heterocycles. The summed E-state index contributed by atoms with van der Waals surface area (Å²) in [5, 5.41) is 6.46. The number of furan rings is 1. The lowest BCUT2D eigenvalue weighted by Gasteiger charge is -2.12. The number of aryl methyl sites for hydroxylation is 1. The fourth-order valence-corrected chi connectivity index (χ4v) is 7.58. The molecular formula is C36H21FN2OS. The van der Waals surface area contributed by atoms with Crippen molar-refractivity contribution >= 4 is 75.3 Å². The molecule has 0 aliphatic rings. The fourth-order valence-electron chi connectivity index (χ4n) is 6.29. The molecule has 0 aliphatic carbocycles. The summed E-state index contributed by atoms with van der Waals surface area (Å²) in [6, 6.07) is 36.5. The lowest BCUT2D eigenvalue weighted by atomic mass is 10.0.